The second-order valence-electron chi connectivity index (χ2n) is 8.47. The average Bonchev–Trinajstić information content (AvgIpc) is 2.86. The Balaban J connectivity index is 1.69. The van der Waals surface area contributed by atoms with Gasteiger partial charge < -0.3 is 19.9 Å². The first-order valence-electron chi connectivity index (χ1n) is 11.4. The Hall–Kier alpha value is -4.01. The van der Waals surface area contributed by atoms with Gasteiger partial charge in [-0.25, -0.2) is 18.6 Å². The molecule has 0 radical (unpaired) electrons. The fourth-order valence-corrected chi connectivity index (χ4v) is 3.72. The van der Waals surface area contributed by atoms with Crippen LogP contribution in [0.15, 0.2) is 60.8 Å². The molecule has 0 bridgehead atoms. The second kappa shape index (κ2) is 12.1. The summed E-state index contributed by atoms with van der Waals surface area (Å²) in [4.78, 5) is 29.2. The summed E-state index contributed by atoms with van der Waals surface area (Å²) in [5.41, 5.74) is 1.42. The molecule has 1 heterocycles. The zero-order valence-electron chi connectivity index (χ0n) is 20.2. The minimum absolute atomic E-state index is 0.0726. The number of aromatic nitrogens is 1. The molecule has 2 aromatic carbocycles. The van der Waals surface area contributed by atoms with Crippen molar-refractivity contribution in [3.8, 4) is 11.5 Å². The highest BCUT2D eigenvalue weighted by Gasteiger charge is 2.27. The largest absolute Gasteiger partial charge is 0.503 e. The van der Waals surface area contributed by atoms with Gasteiger partial charge in [-0.15, -0.1) is 0 Å². The van der Waals surface area contributed by atoms with Crippen LogP contribution in [-0.2, 0) is 22.4 Å². The van der Waals surface area contributed by atoms with Gasteiger partial charge in [0.25, 0.3) is 5.91 Å². The van der Waals surface area contributed by atoms with Crippen LogP contribution in [0.3, 0.4) is 0 Å². The number of nitrogens with one attached hydrogen (secondary N) is 1. The maximum absolute atomic E-state index is 13.4. The van der Waals surface area contributed by atoms with Crippen LogP contribution in [0.1, 0.15) is 35.5 Å². The van der Waals surface area contributed by atoms with E-state index in [2.05, 4.69) is 10.3 Å². The Labute approximate surface area is 208 Å². The molecule has 2 atom stereocenters. The normalized spacial score (nSPS) is 12.6. The molecule has 0 aliphatic carbocycles. The molecule has 190 valence electrons. The third-order valence-corrected chi connectivity index (χ3v) is 5.81. The molecular formula is C27H28F2N2O5. The van der Waals surface area contributed by atoms with Gasteiger partial charge in [-0.2, -0.15) is 0 Å². The summed E-state index contributed by atoms with van der Waals surface area (Å²) in [5, 5.41) is 12.6. The molecule has 2 N–H and O–H groups in total. The Morgan fingerprint density at radius 2 is 1.47 bits per heavy atom. The number of benzene rings is 2. The molecule has 3 aromatic rings. The molecule has 0 saturated carbocycles. The third kappa shape index (κ3) is 7.00. The molecule has 1 aromatic heterocycles. The molecule has 36 heavy (non-hydrogen) atoms. The standard InChI is InChI=1S/C27H28F2N2O5/c1-16(31-26(33)24-25(32)23(35-3)12-13-30-24)27(34)36-17(2)20(14-18-4-8-21(28)9-5-18)15-19-6-10-22(29)11-7-19/h4-13,16-17,20,32H,14-15H2,1-3H3,(H,31,33)/t16-,17?/m0/s1. The van der Waals surface area contributed by atoms with Gasteiger partial charge in [-0.1, -0.05) is 24.3 Å². The number of aromatic hydroxyl groups is 1. The molecular weight excluding hydrogens is 470 g/mol. The number of nitrogens with zero attached hydrogens (tertiary/aromatic N) is 1. The Morgan fingerprint density at radius 1 is 0.944 bits per heavy atom. The van der Waals surface area contributed by atoms with E-state index in [0.717, 1.165) is 11.1 Å². The number of esters is 1. The van der Waals surface area contributed by atoms with Crippen LogP contribution in [0.2, 0.25) is 0 Å². The number of hydrogen-bond acceptors (Lipinski definition) is 6. The van der Waals surface area contributed by atoms with E-state index in [1.807, 2.05) is 0 Å². The van der Waals surface area contributed by atoms with Crippen LogP contribution in [0.4, 0.5) is 8.78 Å². The van der Waals surface area contributed by atoms with E-state index in [-0.39, 0.29) is 29.0 Å². The first-order chi connectivity index (χ1) is 17.2. The summed E-state index contributed by atoms with van der Waals surface area (Å²) in [6.45, 7) is 3.19. The van der Waals surface area contributed by atoms with Crippen LogP contribution in [-0.4, -0.2) is 41.2 Å². The molecule has 1 amide bonds. The third-order valence-electron chi connectivity index (χ3n) is 5.81. The smallest absolute Gasteiger partial charge is 0.328 e. The molecule has 0 spiro atoms. The van der Waals surface area contributed by atoms with Crippen LogP contribution in [0.5, 0.6) is 11.5 Å². The van der Waals surface area contributed by atoms with Gasteiger partial charge >= 0.3 is 5.97 Å². The van der Waals surface area contributed by atoms with Crippen molar-refractivity contribution < 1.29 is 33.0 Å². The van der Waals surface area contributed by atoms with Crippen molar-refractivity contribution >= 4 is 11.9 Å². The van der Waals surface area contributed by atoms with Crippen LogP contribution in [0.25, 0.3) is 0 Å². The number of amides is 1. The van der Waals surface area contributed by atoms with E-state index in [4.69, 9.17) is 9.47 Å². The van der Waals surface area contributed by atoms with Gasteiger partial charge in [0, 0.05) is 18.2 Å². The van der Waals surface area contributed by atoms with E-state index < -0.39 is 29.8 Å². The Bertz CT molecular complexity index is 1140. The molecule has 1 unspecified atom stereocenters. The summed E-state index contributed by atoms with van der Waals surface area (Å²) >= 11 is 0. The van der Waals surface area contributed by atoms with Crippen molar-refractivity contribution in [3.05, 3.63) is 89.2 Å². The minimum atomic E-state index is -1.04. The second-order valence-corrected chi connectivity index (χ2v) is 8.47. The first kappa shape index (κ1) is 26.6. The molecule has 0 aliphatic rings. The molecule has 0 saturated heterocycles. The van der Waals surface area contributed by atoms with Crippen LogP contribution in [0, 0.1) is 17.6 Å². The highest BCUT2D eigenvalue weighted by molar-refractivity contribution is 5.97. The van der Waals surface area contributed by atoms with E-state index in [1.165, 1.54) is 50.6 Å². The fraction of sp³-hybridized carbons (Fsp3) is 0.296. The molecule has 3 rings (SSSR count). The van der Waals surface area contributed by atoms with Gasteiger partial charge in [0.05, 0.1) is 7.11 Å². The minimum Gasteiger partial charge on any atom is -0.503 e. The SMILES string of the molecule is COc1ccnc(C(=O)N[C@@H](C)C(=O)OC(C)C(Cc2ccc(F)cc2)Cc2ccc(F)cc2)c1O. The Morgan fingerprint density at radius 3 is 1.97 bits per heavy atom. The molecule has 9 heteroatoms. The predicted molar refractivity (Wildman–Crippen MR) is 129 cm³/mol. The van der Waals surface area contributed by atoms with Gasteiger partial charge in [0.1, 0.15) is 23.8 Å². The summed E-state index contributed by atoms with van der Waals surface area (Å²) in [6.07, 6.45) is 1.67. The zero-order chi connectivity index (χ0) is 26.2. The molecule has 0 fully saturated rings. The number of carbonyl (C=O) groups is 2. The number of hydrogen-bond donors (Lipinski definition) is 2. The van der Waals surface area contributed by atoms with Crippen molar-refractivity contribution in [2.45, 2.75) is 38.8 Å². The molecule has 7 nitrogen and oxygen atoms in total. The maximum Gasteiger partial charge on any atom is 0.328 e. The van der Waals surface area contributed by atoms with Crippen molar-refractivity contribution in [2.75, 3.05) is 7.11 Å². The lowest BCUT2D eigenvalue weighted by atomic mass is 9.88. The number of pyridine rings is 1. The van der Waals surface area contributed by atoms with Crippen molar-refractivity contribution in [3.63, 3.8) is 0 Å². The van der Waals surface area contributed by atoms with Gasteiger partial charge in [-0.05, 0) is 62.1 Å². The summed E-state index contributed by atoms with van der Waals surface area (Å²) in [7, 11) is 1.34. The summed E-state index contributed by atoms with van der Waals surface area (Å²) in [6, 6.07) is 12.5. The lowest BCUT2D eigenvalue weighted by Gasteiger charge is -2.26. The average molecular weight is 499 g/mol. The maximum atomic E-state index is 13.4. The lowest BCUT2D eigenvalue weighted by Crippen LogP contribution is -2.42. The zero-order valence-corrected chi connectivity index (χ0v) is 20.2. The van der Waals surface area contributed by atoms with Gasteiger partial charge in [0.15, 0.2) is 17.2 Å². The van der Waals surface area contributed by atoms with E-state index in [1.54, 1.807) is 31.2 Å². The number of ether oxygens (including phenoxy) is 2. The first-order valence-corrected chi connectivity index (χ1v) is 11.4. The number of halogens is 2. The van der Waals surface area contributed by atoms with Gasteiger partial charge in [-0.3, -0.25) is 4.79 Å². The van der Waals surface area contributed by atoms with E-state index >= 15 is 0 Å². The highest BCUT2D eigenvalue weighted by atomic mass is 19.1. The monoisotopic (exact) mass is 498 g/mol. The van der Waals surface area contributed by atoms with E-state index in [0.29, 0.717) is 12.8 Å². The number of rotatable bonds is 10. The number of carbonyl (C=O) groups excluding carboxylic acids is 2. The number of methoxy groups -OCH3 is 1. The fourth-order valence-electron chi connectivity index (χ4n) is 3.72. The van der Waals surface area contributed by atoms with E-state index in [9.17, 15) is 23.5 Å². The van der Waals surface area contributed by atoms with Crippen molar-refractivity contribution in [1.29, 1.82) is 0 Å². The quantitative estimate of drug-likeness (QED) is 0.406. The summed E-state index contributed by atoms with van der Waals surface area (Å²) < 4.78 is 37.4. The van der Waals surface area contributed by atoms with Crippen LogP contribution < -0.4 is 10.1 Å². The summed E-state index contributed by atoms with van der Waals surface area (Å²) in [5.74, 6) is -2.73. The van der Waals surface area contributed by atoms with Gasteiger partial charge in [0.2, 0.25) is 0 Å². The van der Waals surface area contributed by atoms with Crippen molar-refractivity contribution in [1.82, 2.24) is 10.3 Å². The Kier molecular flexibility index (Phi) is 8.94. The topological polar surface area (TPSA) is 97.8 Å². The predicted octanol–water partition coefficient (Wildman–Crippen LogP) is 4.23. The van der Waals surface area contributed by atoms with Crippen molar-refractivity contribution in [2.24, 2.45) is 5.92 Å². The highest BCUT2D eigenvalue weighted by Crippen LogP contribution is 2.27. The molecule has 0 aliphatic heterocycles. The lowest BCUT2D eigenvalue weighted by molar-refractivity contribution is -0.152. The van der Waals surface area contributed by atoms with Crippen LogP contribution >= 0.6 is 0 Å².